The second-order valence-electron chi connectivity index (χ2n) is 10.2. The molecule has 0 atom stereocenters. The van der Waals surface area contributed by atoms with Crippen LogP contribution in [0.4, 0.5) is 17.1 Å². The van der Waals surface area contributed by atoms with Gasteiger partial charge in [-0.3, -0.25) is 20.2 Å². The van der Waals surface area contributed by atoms with Crippen molar-refractivity contribution in [2.45, 2.75) is 0 Å². The van der Waals surface area contributed by atoms with E-state index in [2.05, 4.69) is 5.32 Å². The normalized spacial score (nSPS) is 11.3. The van der Waals surface area contributed by atoms with Crippen molar-refractivity contribution in [3.63, 3.8) is 0 Å². The number of hydrogen-bond donors (Lipinski definition) is 1. The molecule has 20 heteroatoms. The Kier molecular flexibility index (Phi) is 33.9. The summed E-state index contributed by atoms with van der Waals surface area (Å²) in [7, 11) is 0. The number of rotatable bonds is 41. The molecule has 302 valence electrons. The third-order valence-corrected chi connectivity index (χ3v) is 6.42. The first kappa shape index (κ1) is 47.7. The van der Waals surface area contributed by atoms with Crippen LogP contribution < -0.4 is 5.32 Å². The number of alkyl halides is 1. The summed E-state index contributed by atoms with van der Waals surface area (Å²) in [6, 6.07) is 3.42. The van der Waals surface area contributed by atoms with Gasteiger partial charge < -0.3 is 62.2 Å². The molecule has 0 aliphatic carbocycles. The number of nitro benzene ring substituents is 2. The minimum absolute atomic E-state index is 0.184. The molecule has 1 aromatic carbocycles. The number of nitro groups is 2. The lowest BCUT2D eigenvalue weighted by Crippen LogP contribution is -2.16. The van der Waals surface area contributed by atoms with Crippen molar-refractivity contribution in [3.8, 4) is 0 Å². The van der Waals surface area contributed by atoms with Crippen molar-refractivity contribution in [2.75, 3.05) is 176 Å². The van der Waals surface area contributed by atoms with Gasteiger partial charge in [0.1, 0.15) is 5.69 Å². The summed E-state index contributed by atoms with van der Waals surface area (Å²) in [5, 5.41) is 24.8. The highest BCUT2D eigenvalue weighted by atomic mass is 35.5. The summed E-state index contributed by atoms with van der Waals surface area (Å²) in [4.78, 5) is 20.6. The molecule has 0 aliphatic heterocycles. The summed E-state index contributed by atoms with van der Waals surface area (Å²) in [6.45, 7) is 11.3. The SMILES string of the molecule is O=[N+]([O-])c1ccc(NCCOCCOCCOCCOCCOCCOCCOCCOCCOCCOCCOCCOCCCl)c([N+](=O)[O-])c1. The topological polar surface area (TPSA) is 209 Å². The molecule has 0 aromatic heterocycles. The van der Waals surface area contributed by atoms with Crippen molar-refractivity contribution in [2.24, 2.45) is 0 Å². The lowest BCUT2D eigenvalue weighted by Gasteiger charge is -2.09. The van der Waals surface area contributed by atoms with Crippen LogP contribution in [0.5, 0.6) is 0 Å². The fourth-order valence-electron chi connectivity index (χ4n) is 3.77. The highest BCUT2D eigenvalue weighted by Gasteiger charge is 2.19. The van der Waals surface area contributed by atoms with Crippen molar-refractivity contribution in [3.05, 3.63) is 38.4 Å². The Hall–Kier alpha value is -2.37. The Morgan fingerprint density at radius 3 is 1.00 bits per heavy atom. The lowest BCUT2D eigenvalue weighted by molar-refractivity contribution is -0.393. The predicted octanol–water partition coefficient (Wildman–Crippen LogP) is 2.35. The van der Waals surface area contributed by atoms with Gasteiger partial charge in [-0.25, -0.2) is 0 Å². The zero-order valence-electron chi connectivity index (χ0n) is 29.9. The molecule has 0 spiro atoms. The zero-order chi connectivity index (χ0) is 37.6. The van der Waals surface area contributed by atoms with E-state index in [1.165, 1.54) is 12.1 Å². The Morgan fingerprint density at radius 2 is 0.731 bits per heavy atom. The lowest BCUT2D eigenvalue weighted by atomic mass is 10.2. The summed E-state index contributed by atoms with van der Waals surface area (Å²) in [5.41, 5.74) is -0.531. The van der Waals surface area contributed by atoms with Gasteiger partial charge in [-0.05, 0) is 6.07 Å². The molecular weight excluding hydrogens is 718 g/mol. The molecule has 1 aromatic rings. The minimum Gasteiger partial charge on any atom is -0.378 e. The highest BCUT2D eigenvalue weighted by Crippen LogP contribution is 2.28. The number of anilines is 1. The van der Waals surface area contributed by atoms with Gasteiger partial charge in [-0.2, -0.15) is 0 Å². The van der Waals surface area contributed by atoms with Crippen LogP contribution in [0.25, 0.3) is 0 Å². The number of ether oxygens (including phenoxy) is 12. The number of non-ortho nitro benzene ring substituents is 1. The van der Waals surface area contributed by atoms with Gasteiger partial charge in [0, 0.05) is 18.5 Å². The molecular formula is C32H56ClN3O16. The van der Waals surface area contributed by atoms with Gasteiger partial charge in [0.2, 0.25) is 0 Å². The van der Waals surface area contributed by atoms with Crippen molar-refractivity contribution >= 4 is 28.7 Å². The number of halogens is 1. The average molecular weight is 774 g/mol. The third kappa shape index (κ3) is 30.1. The van der Waals surface area contributed by atoms with Crippen LogP contribution in [0.1, 0.15) is 0 Å². The van der Waals surface area contributed by atoms with Crippen molar-refractivity contribution in [1.29, 1.82) is 0 Å². The van der Waals surface area contributed by atoms with Gasteiger partial charge in [-0.1, -0.05) is 0 Å². The fraction of sp³-hybridized carbons (Fsp3) is 0.812. The maximum atomic E-state index is 11.1. The van der Waals surface area contributed by atoms with E-state index in [1.807, 2.05) is 0 Å². The summed E-state index contributed by atoms with van der Waals surface area (Å²) >= 11 is 5.51. The first-order valence-electron chi connectivity index (χ1n) is 17.2. The van der Waals surface area contributed by atoms with E-state index in [0.717, 1.165) is 6.07 Å². The van der Waals surface area contributed by atoms with Crippen LogP contribution in [0.3, 0.4) is 0 Å². The Labute approximate surface area is 309 Å². The van der Waals surface area contributed by atoms with Gasteiger partial charge >= 0.3 is 0 Å². The first-order chi connectivity index (χ1) is 25.6. The van der Waals surface area contributed by atoms with Crippen LogP contribution in [0.15, 0.2) is 18.2 Å². The minimum atomic E-state index is -0.682. The highest BCUT2D eigenvalue weighted by molar-refractivity contribution is 6.17. The summed E-state index contributed by atoms with van der Waals surface area (Å²) in [5.74, 6) is 0.486. The smallest absolute Gasteiger partial charge is 0.299 e. The van der Waals surface area contributed by atoms with E-state index in [-0.39, 0.29) is 30.2 Å². The third-order valence-electron chi connectivity index (χ3n) is 6.26. The standard InChI is InChI=1S/C32H56ClN3O16/c33-3-5-41-7-9-43-11-13-45-15-17-47-19-21-49-23-25-51-27-28-52-26-24-50-22-20-48-18-16-46-14-12-44-10-8-42-6-4-34-31-2-1-30(35(37)38)29-32(31)36(39)40/h1-2,29,34H,3-28H2. The molecule has 0 fully saturated rings. The molecule has 0 unspecified atom stereocenters. The quantitative estimate of drug-likeness (QED) is 0.0438. The molecule has 0 saturated carbocycles. The summed E-state index contributed by atoms with van der Waals surface area (Å²) < 4.78 is 65.0. The average Bonchev–Trinajstić information content (AvgIpc) is 3.14. The molecule has 0 saturated heterocycles. The first-order valence-corrected chi connectivity index (χ1v) is 17.7. The van der Waals surface area contributed by atoms with Gasteiger partial charge in [-0.15, -0.1) is 11.6 Å². The van der Waals surface area contributed by atoms with Crippen molar-refractivity contribution < 1.29 is 66.7 Å². The Balaban J connectivity index is 1.70. The number of nitrogens with zero attached hydrogens (tertiary/aromatic N) is 2. The fourth-order valence-corrected chi connectivity index (χ4v) is 3.88. The molecule has 52 heavy (non-hydrogen) atoms. The molecule has 1 N–H and O–H groups in total. The van der Waals surface area contributed by atoms with Gasteiger partial charge in [0.15, 0.2) is 0 Å². The molecule has 0 aliphatic rings. The number of nitrogens with one attached hydrogen (secondary N) is 1. The molecule has 1 rings (SSSR count). The predicted molar refractivity (Wildman–Crippen MR) is 189 cm³/mol. The monoisotopic (exact) mass is 773 g/mol. The van der Waals surface area contributed by atoms with E-state index in [1.54, 1.807) is 0 Å². The molecule has 0 heterocycles. The molecule has 0 amide bonds. The zero-order valence-corrected chi connectivity index (χ0v) is 30.7. The maximum absolute atomic E-state index is 11.1. The maximum Gasteiger partial charge on any atom is 0.299 e. The molecule has 0 radical (unpaired) electrons. The number of benzene rings is 1. The van der Waals surface area contributed by atoms with Crippen LogP contribution >= 0.6 is 11.6 Å². The van der Waals surface area contributed by atoms with Crippen LogP contribution in [-0.4, -0.2) is 181 Å². The second-order valence-corrected chi connectivity index (χ2v) is 10.6. The van der Waals surface area contributed by atoms with Crippen molar-refractivity contribution in [1.82, 2.24) is 0 Å². The Morgan fingerprint density at radius 1 is 0.442 bits per heavy atom. The van der Waals surface area contributed by atoms with E-state index in [9.17, 15) is 20.2 Å². The van der Waals surface area contributed by atoms with E-state index >= 15 is 0 Å². The largest absolute Gasteiger partial charge is 0.378 e. The van der Waals surface area contributed by atoms with Gasteiger partial charge in [0.25, 0.3) is 11.4 Å². The van der Waals surface area contributed by atoms with Crippen LogP contribution in [0.2, 0.25) is 0 Å². The van der Waals surface area contributed by atoms with E-state index in [0.29, 0.717) is 158 Å². The van der Waals surface area contributed by atoms with Crippen LogP contribution in [-0.2, 0) is 56.8 Å². The second kappa shape index (κ2) is 37.0. The molecule has 19 nitrogen and oxygen atoms in total. The Bertz CT molecular complexity index is 988. The van der Waals surface area contributed by atoms with Crippen LogP contribution in [0, 0.1) is 20.2 Å². The van der Waals surface area contributed by atoms with E-state index in [4.69, 9.17) is 68.4 Å². The number of hydrogen-bond acceptors (Lipinski definition) is 17. The summed E-state index contributed by atoms with van der Waals surface area (Å²) in [6.07, 6.45) is 0. The molecule has 0 bridgehead atoms. The van der Waals surface area contributed by atoms with E-state index < -0.39 is 9.85 Å². The van der Waals surface area contributed by atoms with Gasteiger partial charge in [0.05, 0.1) is 174 Å².